The molecule has 1 unspecified atom stereocenters. The first-order valence-electron chi connectivity index (χ1n) is 5.73. The van der Waals surface area contributed by atoms with Gasteiger partial charge in [-0.05, 0) is 37.1 Å². The predicted octanol–water partition coefficient (Wildman–Crippen LogP) is 2.29. The summed E-state index contributed by atoms with van der Waals surface area (Å²) < 4.78 is 4.72. The van der Waals surface area contributed by atoms with Crippen LogP contribution >= 0.6 is 0 Å². The number of carbonyl (C=O) groups is 1. The fourth-order valence-corrected chi connectivity index (χ4v) is 2.14. The summed E-state index contributed by atoms with van der Waals surface area (Å²) in [6.45, 7) is 1.06. The number of hydrogen-bond acceptors (Lipinski definition) is 3. The smallest absolute Gasteiger partial charge is 0.337 e. The normalized spacial score (nSPS) is 20.4. The summed E-state index contributed by atoms with van der Waals surface area (Å²) in [5.41, 5.74) is 1.81. The number of hydrogen-bond donors (Lipinski definition) is 1. The maximum absolute atomic E-state index is 11.4. The second-order valence-electron chi connectivity index (χ2n) is 4.12. The number of methoxy groups -OCH3 is 1. The summed E-state index contributed by atoms with van der Waals surface area (Å²) in [4.78, 5) is 11.4. The summed E-state index contributed by atoms with van der Waals surface area (Å²) in [6, 6.07) is 8.08. The van der Waals surface area contributed by atoms with Crippen LogP contribution < -0.4 is 5.32 Å². The van der Waals surface area contributed by atoms with E-state index in [1.54, 1.807) is 6.07 Å². The molecule has 1 aliphatic rings. The standard InChI is InChI=1S/C13H17NO2/c1-16-13(15)11-6-4-5-10(9-11)12-7-2-3-8-14-12/h4-6,9,12,14H,2-3,7-8H2,1H3. The zero-order chi connectivity index (χ0) is 11.4. The molecule has 1 saturated heterocycles. The van der Waals surface area contributed by atoms with Gasteiger partial charge in [0.05, 0.1) is 12.7 Å². The molecule has 3 heteroatoms. The van der Waals surface area contributed by atoms with Gasteiger partial charge in [-0.2, -0.15) is 0 Å². The molecule has 1 aromatic carbocycles. The molecule has 0 bridgehead atoms. The lowest BCUT2D eigenvalue weighted by Crippen LogP contribution is -2.26. The molecule has 1 fully saturated rings. The van der Waals surface area contributed by atoms with Crippen molar-refractivity contribution in [3.63, 3.8) is 0 Å². The molecule has 0 amide bonds. The third-order valence-electron chi connectivity index (χ3n) is 3.02. The third-order valence-corrected chi connectivity index (χ3v) is 3.02. The van der Waals surface area contributed by atoms with E-state index in [4.69, 9.17) is 4.74 Å². The van der Waals surface area contributed by atoms with Crippen molar-refractivity contribution >= 4 is 5.97 Å². The number of benzene rings is 1. The van der Waals surface area contributed by atoms with Gasteiger partial charge in [-0.15, -0.1) is 0 Å². The molecule has 2 rings (SSSR count). The minimum Gasteiger partial charge on any atom is -0.465 e. The SMILES string of the molecule is COC(=O)c1cccc(C2CCCCN2)c1. The van der Waals surface area contributed by atoms with Gasteiger partial charge >= 0.3 is 5.97 Å². The Morgan fingerprint density at radius 2 is 2.31 bits per heavy atom. The van der Waals surface area contributed by atoms with E-state index in [0.29, 0.717) is 11.6 Å². The monoisotopic (exact) mass is 219 g/mol. The van der Waals surface area contributed by atoms with E-state index in [1.165, 1.54) is 25.5 Å². The highest BCUT2D eigenvalue weighted by atomic mass is 16.5. The maximum atomic E-state index is 11.4. The first-order chi connectivity index (χ1) is 7.81. The highest BCUT2D eigenvalue weighted by molar-refractivity contribution is 5.89. The fourth-order valence-electron chi connectivity index (χ4n) is 2.14. The molecule has 1 atom stereocenters. The fraction of sp³-hybridized carbons (Fsp3) is 0.462. The molecular formula is C13H17NO2. The quantitative estimate of drug-likeness (QED) is 0.775. The highest BCUT2D eigenvalue weighted by Gasteiger charge is 2.15. The Balaban J connectivity index is 2.17. The Hall–Kier alpha value is -1.35. The van der Waals surface area contributed by atoms with E-state index < -0.39 is 0 Å². The van der Waals surface area contributed by atoms with Gasteiger partial charge in [-0.3, -0.25) is 0 Å². The van der Waals surface area contributed by atoms with E-state index in [2.05, 4.69) is 11.4 Å². The van der Waals surface area contributed by atoms with Crippen LogP contribution in [0.4, 0.5) is 0 Å². The molecular weight excluding hydrogens is 202 g/mol. The molecule has 86 valence electrons. The molecule has 1 heterocycles. The number of carbonyl (C=O) groups excluding carboxylic acids is 1. The van der Waals surface area contributed by atoms with Crippen molar-refractivity contribution in [2.24, 2.45) is 0 Å². The number of rotatable bonds is 2. The first kappa shape index (κ1) is 11.1. The Bertz CT molecular complexity index is 370. The summed E-state index contributed by atoms with van der Waals surface area (Å²) in [5, 5.41) is 3.47. The van der Waals surface area contributed by atoms with Crippen LogP contribution in [0.3, 0.4) is 0 Å². The van der Waals surface area contributed by atoms with Crippen LogP contribution in [0.2, 0.25) is 0 Å². The van der Waals surface area contributed by atoms with Gasteiger partial charge in [0, 0.05) is 6.04 Å². The zero-order valence-electron chi connectivity index (χ0n) is 9.53. The molecule has 0 aromatic heterocycles. The van der Waals surface area contributed by atoms with Crippen LogP contribution in [0.1, 0.15) is 41.2 Å². The Kier molecular flexibility index (Phi) is 3.57. The molecule has 0 radical (unpaired) electrons. The number of esters is 1. The molecule has 1 aromatic rings. The number of ether oxygens (including phenoxy) is 1. The number of nitrogens with one attached hydrogen (secondary N) is 1. The minimum absolute atomic E-state index is 0.266. The Labute approximate surface area is 95.8 Å². The molecule has 1 N–H and O–H groups in total. The van der Waals surface area contributed by atoms with E-state index in [9.17, 15) is 4.79 Å². The van der Waals surface area contributed by atoms with Crippen molar-refractivity contribution in [1.29, 1.82) is 0 Å². The molecule has 0 spiro atoms. The largest absolute Gasteiger partial charge is 0.465 e. The average Bonchev–Trinajstić information content (AvgIpc) is 2.39. The van der Waals surface area contributed by atoms with Crippen LogP contribution in [-0.2, 0) is 4.74 Å². The Morgan fingerprint density at radius 1 is 1.44 bits per heavy atom. The average molecular weight is 219 g/mol. The first-order valence-corrected chi connectivity index (χ1v) is 5.73. The second kappa shape index (κ2) is 5.12. The highest BCUT2D eigenvalue weighted by Crippen LogP contribution is 2.23. The van der Waals surface area contributed by atoms with E-state index in [-0.39, 0.29) is 5.97 Å². The van der Waals surface area contributed by atoms with Crippen molar-refractivity contribution in [3.05, 3.63) is 35.4 Å². The molecule has 3 nitrogen and oxygen atoms in total. The van der Waals surface area contributed by atoms with Crippen molar-refractivity contribution in [2.45, 2.75) is 25.3 Å². The van der Waals surface area contributed by atoms with Crippen LogP contribution in [0.15, 0.2) is 24.3 Å². The van der Waals surface area contributed by atoms with Gasteiger partial charge in [0.15, 0.2) is 0 Å². The van der Waals surface area contributed by atoms with Crippen LogP contribution in [0, 0.1) is 0 Å². The van der Waals surface area contributed by atoms with E-state index in [1.807, 2.05) is 12.1 Å². The minimum atomic E-state index is -0.266. The summed E-state index contributed by atoms with van der Waals surface area (Å²) >= 11 is 0. The molecule has 0 saturated carbocycles. The molecule has 16 heavy (non-hydrogen) atoms. The zero-order valence-corrected chi connectivity index (χ0v) is 9.53. The van der Waals surface area contributed by atoms with Gasteiger partial charge < -0.3 is 10.1 Å². The summed E-state index contributed by atoms with van der Waals surface area (Å²) in [6.07, 6.45) is 3.64. The van der Waals surface area contributed by atoms with Crippen molar-refractivity contribution in [2.75, 3.05) is 13.7 Å². The van der Waals surface area contributed by atoms with Crippen molar-refractivity contribution in [1.82, 2.24) is 5.32 Å². The van der Waals surface area contributed by atoms with E-state index in [0.717, 1.165) is 13.0 Å². The molecule has 0 aliphatic carbocycles. The van der Waals surface area contributed by atoms with Crippen LogP contribution in [-0.4, -0.2) is 19.6 Å². The van der Waals surface area contributed by atoms with Gasteiger partial charge in [-0.1, -0.05) is 18.6 Å². The van der Waals surface area contributed by atoms with Gasteiger partial charge in [-0.25, -0.2) is 4.79 Å². The lowest BCUT2D eigenvalue weighted by Gasteiger charge is -2.24. The maximum Gasteiger partial charge on any atom is 0.337 e. The lowest BCUT2D eigenvalue weighted by atomic mass is 9.96. The van der Waals surface area contributed by atoms with Crippen LogP contribution in [0.5, 0.6) is 0 Å². The van der Waals surface area contributed by atoms with Crippen molar-refractivity contribution in [3.8, 4) is 0 Å². The number of piperidine rings is 1. The van der Waals surface area contributed by atoms with Gasteiger partial charge in [0.25, 0.3) is 0 Å². The van der Waals surface area contributed by atoms with E-state index >= 15 is 0 Å². The lowest BCUT2D eigenvalue weighted by molar-refractivity contribution is 0.0600. The third kappa shape index (κ3) is 2.42. The van der Waals surface area contributed by atoms with Crippen molar-refractivity contribution < 1.29 is 9.53 Å². The van der Waals surface area contributed by atoms with Gasteiger partial charge in [0.2, 0.25) is 0 Å². The predicted molar refractivity (Wildman–Crippen MR) is 62.4 cm³/mol. The second-order valence-corrected chi connectivity index (χ2v) is 4.12. The topological polar surface area (TPSA) is 38.3 Å². The Morgan fingerprint density at radius 3 is 3.00 bits per heavy atom. The molecule has 1 aliphatic heterocycles. The summed E-state index contributed by atoms with van der Waals surface area (Å²) in [7, 11) is 1.41. The summed E-state index contributed by atoms with van der Waals surface area (Å²) in [5.74, 6) is -0.266. The van der Waals surface area contributed by atoms with Gasteiger partial charge in [0.1, 0.15) is 0 Å². The van der Waals surface area contributed by atoms with Crippen LogP contribution in [0.25, 0.3) is 0 Å².